The van der Waals surface area contributed by atoms with Gasteiger partial charge in [-0.3, -0.25) is 4.79 Å². The fourth-order valence-electron chi connectivity index (χ4n) is 1.84. The van der Waals surface area contributed by atoms with Crippen molar-refractivity contribution in [2.45, 2.75) is 18.4 Å². The Morgan fingerprint density at radius 1 is 1.05 bits per heavy atom. The average Bonchev–Trinajstić information content (AvgIpc) is 2.45. The second kappa shape index (κ2) is 6.62. The molecule has 0 heterocycles. The van der Waals surface area contributed by atoms with Crippen LogP contribution in [0.4, 0.5) is 5.69 Å². The number of ether oxygens (including phenoxy) is 1. The van der Waals surface area contributed by atoms with Gasteiger partial charge in [-0.2, -0.15) is 0 Å². The van der Waals surface area contributed by atoms with E-state index in [1.807, 2.05) is 0 Å². The van der Waals surface area contributed by atoms with E-state index in [1.165, 1.54) is 13.2 Å². The van der Waals surface area contributed by atoms with Crippen LogP contribution in [0.3, 0.4) is 0 Å². The molecule has 5 nitrogen and oxygen atoms in total. The molecule has 0 saturated carbocycles. The Bertz CT molecular complexity index is 750. The molecular weight excluding hydrogens is 302 g/mol. The summed E-state index contributed by atoms with van der Waals surface area (Å²) >= 11 is 0. The number of anilines is 1. The van der Waals surface area contributed by atoms with E-state index in [1.54, 1.807) is 48.5 Å². The van der Waals surface area contributed by atoms with Crippen molar-refractivity contribution < 1.29 is 17.9 Å². The molecule has 0 aliphatic heterocycles. The topological polar surface area (TPSA) is 72.5 Å². The first-order valence-electron chi connectivity index (χ1n) is 6.64. The third kappa shape index (κ3) is 4.60. The van der Waals surface area contributed by atoms with Gasteiger partial charge in [0, 0.05) is 18.9 Å². The van der Waals surface area contributed by atoms with Crippen LogP contribution >= 0.6 is 0 Å². The minimum absolute atomic E-state index is 0.125. The molecule has 0 spiro atoms. The summed E-state index contributed by atoms with van der Waals surface area (Å²) in [5, 5.41) is 2.67. The molecule has 1 amide bonds. The third-order valence-electron chi connectivity index (χ3n) is 2.93. The maximum Gasteiger partial charge on any atom is 0.221 e. The molecule has 2 aromatic carbocycles. The van der Waals surface area contributed by atoms with Crippen LogP contribution in [0.2, 0.25) is 0 Å². The first-order valence-corrected chi connectivity index (χ1v) is 8.53. The summed E-state index contributed by atoms with van der Waals surface area (Å²) in [5.41, 5.74) is 1.58. The van der Waals surface area contributed by atoms with E-state index < -0.39 is 9.84 Å². The predicted molar refractivity (Wildman–Crippen MR) is 84.6 cm³/mol. The van der Waals surface area contributed by atoms with Crippen molar-refractivity contribution in [3.63, 3.8) is 0 Å². The van der Waals surface area contributed by atoms with Gasteiger partial charge in [-0.05, 0) is 42.0 Å². The molecule has 0 aromatic heterocycles. The predicted octanol–water partition coefficient (Wildman–Crippen LogP) is 2.63. The number of nitrogens with one attached hydrogen (secondary N) is 1. The minimum Gasteiger partial charge on any atom is -0.489 e. The Kier molecular flexibility index (Phi) is 4.82. The van der Waals surface area contributed by atoms with Gasteiger partial charge >= 0.3 is 0 Å². The number of rotatable bonds is 5. The van der Waals surface area contributed by atoms with Gasteiger partial charge in [0.25, 0.3) is 0 Å². The Labute approximate surface area is 129 Å². The van der Waals surface area contributed by atoms with Crippen molar-refractivity contribution in [1.82, 2.24) is 0 Å². The number of hydrogen-bond acceptors (Lipinski definition) is 4. The monoisotopic (exact) mass is 319 g/mol. The van der Waals surface area contributed by atoms with Crippen LogP contribution in [0.1, 0.15) is 12.5 Å². The standard InChI is InChI=1S/C16H17NO4S/c1-12(18)17-14-5-7-15(8-6-14)21-11-13-3-9-16(10-4-13)22(2,19)20/h3-10H,11H2,1-2H3,(H,17,18). The summed E-state index contributed by atoms with van der Waals surface area (Å²) in [5.74, 6) is 0.543. The second-order valence-electron chi connectivity index (χ2n) is 4.91. The van der Waals surface area contributed by atoms with Crippen LogP contribution < -0.4 is 10.1 Å². The van der Waals surface area contributed by atoms with Gasteiger partial charge in [-0.1, -0.05) is 12.1 Å². The highest BCUT2D eigenvalue weighted by molar-refractivity contribution is 7.90. The van der Waals surface area contributed by atoms with Gasteiger partial charge in [-0.25, -0.2) is 8.42 Å². The van der Waals surface area contributed by atoms with Gasteiger partial charge in [0.2, 0.25) is 5.91 Å². The lowest BCUT2D eigenvalue weighted by atomic mass is 10.2. The molecule has 0 aliphatic rings. The molecule has 22 heavy (non-hydrogen) atoms. The van der Waals surface area contributed by atoms with E-state index in [-0.39, 0.29) is 10.8 Å². The summed E-state index contributed by atoms with van der Waals surface area (Å²) in [6, 6.07) is 13.6. The van der Waals surface area contributed by atoms with Gasteiger partial charge in [0.15, 0.2) is 9.84 Å². The molecule has 116 valence electrons. The van der Waals surface area contributed by atoms with Crippen molar-refractivity contribution in [3.05, 3.63) is 54.1 Å². The van der Waals surface area contributed by atoms with Crippen LogP contribution in [-0.4, -0.2) is 20.6 Å². The zero-order valence-corrected chi connectivity index (χ0v) is 13.2. The normalized spacial score (nSPS) is 11.0. The Balaban J connectivity index is 1.96. The molecule has 0 radical (unpaired) electrons. The van der Waals surface area contributed by atoms with Crippen molar-refractivity contribution in [2.24, 2.45) is 0 Å². The average molecular weight is 319 g/mol. The first-order chi connectivity index (χ1) is 10.3. The molecule has 0 fully saturated rings. The van der Waals surface area contributed by atoms with Gasteiger partial charge in [-0.15, -0.1) is 0 Å². The molecule has 0 saturated heterocycles. The molecule has 0 bridgehead atoms. The quantitative estimate of drug-likeness (QED) is 0.919. The van der Waals surface area contributed by atoms with Gasteiger partial charge in [0.05, 0.1) is 4.90 Å². The highest BCUT2D eigenvalue weighted by atomic mass is 32.2. The Morgan fingerprint density at radius 3 is 2.14 bits per heavy atom. The highest BCUT2D eigenvalue weighted by Gasteiger charge is 2.06. The fourth-order valence-corrected chi connectivity index (χ4v) is 2.47. The van der Waals surface area contributed by atoms with E-state index >= 15 is 0 Å². The number of amides is 1. The fraction of sp³-hybridized carbons (Fsp3) is 0.188. The summed E-state index contributed by atoms with van der Waals surface area (Å²) < 4.78 is 28.4. The second-order valence-corrected chi connectivity index (χ2v) is 6.93. The van der Waals surface area contributed by atoms with E-state index in [2.05, 4.69) is 5.32 Å². The van der Waals surface area contributed by atoms with Crippen LogP contribution in [-0.2, 0) is 21.2 Å². The molecule has 0 aliphatic carbocycles. The van der Waals surface area contributed by atoms with Gasteiger partial charge in [0.1, 0.15) is 12.4 Å². The van der Waals surface area contributed by atoms with E-state index in [9.17, 15) is 13.2 Å². The third-order valence-corrected chi connectivity index (χ3v) is 4.06. The van der Waals surface area contributed by atoms with Crippen molar-refractivity contribution >= 4 is 21.4 Å². The maximum absolute atomic E-state index is 11.4. The summed E-state index contributed by atoms with van der Waals surface area (Å²) in [6.07, 6.45) is 1.18. The Morgan fingerprint density at radius 2 is 1.64 bits per heavy atom. The zero-order valence-electron chi connectivity index (χ0n) is 12.4. The Hall–Kier alpha value is -2.34. The maximum atomic E-state index is 11.4. The highest BCUT2D eigenvalue weighted by Crippen LogP contribution is 2.18. The molecule has 6 heteroatoms. The van der Waals surface area contributed by atoms with Crippen molar-refractivity contribution in [2.75, 3.05) is 11.6 Å². The van der Waals surface area contributed by atoms with E-state index in [0.717, 1.165) is 5.56 Å². The van der Waals surface area contributed by atoms with Crippen LogP contribution in [0.25, 0.3) is 0 Å². The van der Waals surface area contributed by atoms with Crippen molar-refractivity contribution in [3.8, 4) is 5.75 Å². The first kappa shape index (κ1) is 16.0. The molecule has 2 rings (SSSR count). The smallest absolute Gasteiger partial charge is 0.221 e. The minimum atomic E-state index is -3.18. The van der Waals surface area contributed by atoms with Crippen LogP contribution in [0.15, 0.2) is 53.4 Å². The van der Waals surface area contributed by atoms with E-state index in [4.69, 9.17) is 4.74 Å². The number of sulfone groups is 1. The SMILES string of the molecule is CC(=O)Nc1ccc(OCc2ccc(S(C)(=O)=O)cc2)cc1. The largest absolute Gasteiger partial charge is 0.489 e. The molecule has 0 unspecified atom stereocenters. The van der Waals surface area contributed by atoms with Crippen LogP contribution in [0.5, 0.6) is 5.75 Å². The zero-order chi connectivity index (χ0) is 16.2. The number of carbonyl (C=O) groups excluding carboxylic acids is 1. The lowest BCUT2D eigenvalue weighted by Gasteiger charge is -2.08. The number of hydrogen-bond donors (Lipinski definition) is 1. The summed E-state index contributed by atoms with van der Waals surface area (Å²) in [7, 11) is -3.18. The van der Waals surface area contributed by atoms with Crippen LogP contribution in [0, 0.1) is 0 Å². The molecule has 0 atom stereocenters. The molecule has 1 N–H and O–H groups in total. The summed E-state index contributed by atoms with van der Waals surface area (Å²) in [6.45, 7) is 1.79. The lowest BCUT2D eigenvalue weighted by molar-refractivity contribution is -0.114. The lowest BCUT2D eigenvalue weighted by Crippen LogP contribution is -2.05. The van der Waals surface area contributed by atoms with E-state index in [0.29, 0.717) is 18.0 Å². The molecular formula is C16H17NO4S. The van der Waals surface area contributed by atoms with Gasteiger partial charge < -0.3 is 10.1 Å². The van der Waals surface area contributed by atoms with Crippen molar-refractivity contribution in [1.29, 1.82) is 0 Å². The summed E-state index contributed by atoms with van der Waals surface area (Å²) in [4.78, 5) is 11.2. The number of carbonyl (C=O) groups is 1. The number of benzene rings is 2. The molecule has 2 aromatic rings.